The summed E-state index contributed by atoms with van der Waals surface area (Å²) < 4.78 is 5.42. The van der Waals surface area contributed by atoms with Crippen molar-refractivity contribution in [3.8, 4) is 5.75 Å². The van der Waals surface area contributed by atoms with Crippen molar-refractivity contribution in [1.29, 1.82) is 0 Å². The summed E-state index contributed by atoms with van der Waals surface area (Å²) in [6, 6.07) is 6.72. The quantitative estimate of drug-likeness (QED) is 0.824. The van der Waals surface area contributed by atoms with Gasteiger partial charge in [0.1, 0.15) is 5.75 Å². The first-order valence-corrected chi connectivity index (χ1v) is 6.93. The molecule has 0 radical (unpaired) electrons. The molecule has 1 aromatic rings. The third kappa shape index (κ3) is 3.42. The van der Waals surface area contributed by atoms with E-state index in [1.165, 1.54) is 11.1 Å². The van der Waals surface area contributed by atoms with Gasteiger partial charge in [-0.3, -0.25) is 0 Å². The Bertz CT molecular complexity index is 328. The predicted molar refractivity (Wildman–Crippen MR) is 72.5 cm³/mol. The van der Waals surface area contributed by atoms with Gasteiger partial charge in [-0.1, -0.05) is 17.7 Å². The van der Waals surface area contributed by atoms with Gasteiger partial charge in [0.05, 0.1) is 7.11 Å². The highest BCUT2D eigenvalue weighted by molar-refractivity contribution is 7.98. The van der Waals surface area contributed by atoms with E-state index >= 15 is 0 Å². The lowest BCUT2D eigenvalue weighted by Gasteiger charge is -2.19. The van der Waals surface area contributed by atoms with Gasteiger partial charge in [0.25, 0.3) is 0 Å². The molecule has 0 aromatic heterocycles. The van der Waals surface area contributed by atoms with Gasteiger partial charge in [-0.15, -0.1) is 0 Å². The molecular weight excluding hydrogens is 218 g/mol. The van der Waals surface area contributed by atoms with Crippen molar-refractivity contribution < 1.29 is 4.74 Å². The average Bonchev–Trinajstić information content (AvgIpc) is 2.30. The van der Waals surface area contributed by atoms with Crippen LogP contribution >= 0.6 is 11.8 Å². The highest BCUT2D eigenvalue weighted by atomic mass is 32.2. The Hall–Kier alpha value is -0.670. The van der Waals surface area contributed by atoms with Crippen LogP contribution in [-0.2, 0) is 0 Å². The van der Waals surface area contributed by atoms with Crippen LogP contribution in [0.4, 0.5) is 0 Å². The molecule has 0 spiro atoms. The smallest absolute Gasteiger partial charge is 0.123 e. The normalized spacial score (nSPS) is 12.5. The number of hydrogen-bond acceptors (Lipinski definition) is 3. The molecule has 1 atom stereocenters. The summed E-state index contributed by atoms with van der Waals surface area (Å²) in [4.78, 5) is 0. The summed E-state index contributed by atoms with van der Waals surface area (Å²) in [6.07, 6.45) is 3.26. The van der Waals surface area contributed by atoms with Crippen molar-refractivity contribution in [2.24, 2.45) is 0 Å². The minimum Gasteiger partial charge on any atom is -0.496 e. The van der Waals surface area contributed by atoms with Crippen molar-refractivity contribution in [2.45, 2.75) is 19.4 Å². The highest BCUT2D eigenvalue weighted by Crippen LogP contribution is 2.28. The van der Waals surface area contributed by atoms with E-state index in [0.717, 1.165) is 17.9 Å². The fourth-order valence-corrected chi connectivity index (χ4v) is 2.29. The van der Waals surface area contributed by atoms with Gasteiger partial charge >= 0.3 is 0 Å². The molecule has 0 heterocycles. The molecule has 1 aromatic carbocycles. The first kappa shape index (κ1) is 13.4. The van der Waals surface area contributed by atoms with Crippen molar-refractivity contribution in [3.63, 3.8) is 0 Å². The molecule has 2 nitrogen and oxygen atoms in total. The summed E-state index contributed by atoms with van der Waals surface area (Å²) in [5, 5.41) is 3.36. The largest absolute Gasteiger partial charge is 0.496 e. The molecule has 0 saturated carbocycles. The van der Waals surface area contributed by atoms with Crippen LogP contribution in [0.5, 0.6) is 5.75 Å². The number of ether oxygens (including phenoxy) is 1. The standard InChI is InChI=1S/C13H21NOS/c1-10-5-6-13(15-3)11(9-10)12(14-2)7-8-16-4/h5-6,9,12,14H,7-8H2,1-4H3. The molecule has 0 amide bonds. The second-order valence-corrected chi connectivity index (χ2v) is 4.85. The topological polar surface area (TPSA) is 21.3 Å². The Kier molecular flexibility index (Phi) is 5.71. The van der Waals surface area contributed by atoms with E-state index in [4.69, 9.17) is 4.74 Å². The molecule has 0 bridgehead atoms. The summed E-state index contributed by atoms with van der Waals surface area (Å²) in [5.41, 5.74) is 2.54. The van der Waals surface area contributed by atoms with Gasteiger partial charge in [-0.25, -0.2) is 0 Å². The number of aryl methyl sites for hydroxylation is 1. The molecule has 0 aliphatic rings. The fourth-order valence-electron chi connectivity index (χ4n) is 1.82. The predicted octanol–water partition coefficient (Wildman–Crippen LogP) is 3.02. The average molecular weight is 239 g/mol. The molecule has 0 fully saturated rings. The SMILES string of the molecule is CNC(CCSC)c1cc(C)ccc1OC. The molecule has 1 unspecified atom stereocenters. The number of hydrogen-bond donors (Lipinski definition) is 1. The first-order chi connectivity index (χ1) is 7.72. The second-order valence-electron chi connectivity index (χ2n) is 3.87. The van der Waals surface area contributed by atoms with Crippen LogP contribution in [0, 0.1) is 6.92 Å². The van der Waals surface area contributed by atoms with E-state index in [9.17, 15) is 0 Å². The lowest BCUT2D eigenvalue weighted by molar-refractivity contribution is 0.400. The van der Waals surface area contributed by atoms with Gasteiger partial charge in [-0.2, -0.15) is 11.8 Å². The summed E-state index contributed by atoms with van der Waals surface area (Å²) in [5.74, 6) is 2.13. The Balaban J connectivity index is 2.92. The van der Waals surface area contributed by atoms with E-state index < -0.39 is 0 Å². The van der Waals surface area contributed by atoms with Gasteiger partial charge in [-0.05, 0) is 38.5 Å². The summed E-state index contributed by atoms with van der Waals surface area (Å²) >= 11 is 1.88. The maximum Gasteiger partial charge on any atom is 0.123 e. The maximum atomic E-state index is 5.42. The number of nitrogens with one attached hydrogen (secondary N) is 1. The summed E-state index contributed by atoms with van der Waals surface area (Å²) in [7, 11) is 3.74. The van der Waals surface area contributed by atoms with E-state index in [1.54, 1.807) is 7.11 Å². The Morgan fingerprint density at radius 2 is 2.19 bits per heavy atom. The zero-order chi connectivity index (χ0) is 12.0. The van der Waals surface area contributed by atoms with Crippen LogP contribution in [0.1, 0.15) is 23.6 Å². The fraction of sp³-hybridized carbons (Fsp3) is 0.538. The van der Waals surface area contributed by atoms with E-state index in [0.29, 0.717) is 6.04 Å². The van der Waals surface area contributed by atoms with Crippen molar-refractivity contribution in [3.05, 3.63) is 29.3 Å². The minimum absolute atomic E-state index is 0.377. The monoisotopic (exact) mass is 239 g/mol. The molecule has 3 heteroatoms. The molecule has 1 N–H and O–H groups in total. The molecule has 90 valence electrons. The molecule has 0 aliphatic carbocycles. The van der Waals surface area contributed by atoms with Crippen LogP contribution in [0.3, 0.4) is 0 Å². The van der Waals surface area contributed by atoms with Crippen molar-refractivity contribution >= 4 is 11.8 Å². The molecule has 1 rings (SSSR count). The maximum absolute atomic E-state index is 5.42. The number of methoxy groups -OCH3 is 1. The Morgan fingerprint density at radius 3 is 2.75 bits per heavy atom. The van der Waals surface area contributed by atoms with Crippen LogP contribution in [0.15, 0.2) is 18.2 Å². The zero-order valence-corrected chi connectivity index (χ0v) is 11.4. The first-order valence-electron chi connectivity index (χ1n) is 5.53. The van der Waals surface area contributed by atoms with E-state index in [-0.39, 0.29) is 0 Å². The molecule has 16 heavy (non-hydrogen) atoms. The van der Waals surface area contributed by atoms with E-state index in [1.807, 2.05) is 24.9 Å². The lowest BCUT2D eigenvalue weighted by Crippen LogP contribution is -2.18. The van der Waals surface area contributed by atoms with Crippen LogP contribution < -0.4 is 10.1 Å². The van der Waals surface area contributed by atoms with Crippen molar-refractivity contribution in [1.82, 2.24) is 5.32 Å². The third-order valence-corrected chi connectivity index (χ3v) is 3.36. The second kappa shape index (κ2) is 6.81. The summed E-state index contributed by atoms with van der Waals surface area (Å²) in [6.45, 7) is 2.12. The molecule has 0 aliphatic heterocycles. The number of thioether (sulfide) groups is 1. The Labute approximate surface area is 103 Å². The van der Waals surface area contributed by atoms with Crippen LogP contribution in [-0.4, -0.2) is 26.2 Å². The van der Waals surface area contributed by atoms with Crippen LogP contribution in [0.2, 0.25) is 0 Å². The lowest BCUT2D eigenvalue weighted by atomic mass is 10.0. The van der Waals surface area contributed by atoms with Gasteiger partial charge in [0.15, 0.2) is 0 Å². The van der Waals surface area contributed by atoms with Crippen molar-refractivity contribution in [2.75, 3.05) is 26.2 Å². The number of benzene rings is 1. The third-order valence-electron chi connectivity index (χ3n) is 2.72. The minimum atomic E-state index is 0.377. The molecule has 0 saturated heterocycles. The zero-order valence-electron chi connectivity index (χ0n) is 10.5. The highest BCUT2D eigenvalue weighted by Gasteiger charge is 2.13. The van der Waals surface area contributed by atoms with E-state index in [2.05, 4.69) is 30.6 Å². The molecular formula is C13H21NOS. The van der Waals surface area contributed by atoms with Crippen LogP contribution in [0.25, 0.3) is 0 Å². The van der Waals surface area contributed by atoms with Gasteiger partial charge in [0, 0.05) is 11.6 Å². The van der Waals surface area contributed by atoms with Gasteiger partial charge < -0.3 is 10.1 Å². The Morgan fingerprint density at radius 1 is 1.44 bits per heavy atom. The number of rotatable bonds is 6. The van der Waals surface area contributed by atoms with Gasteiger partial charge in [0.2, 0.25) is 0 Å².